The van der Waals surface area contributed by atoms with E-state index in [2.05, 4.69) is 20.5 Å². The molecule has 0 aromatic carbocycles. The number of aliphatic imine (C=N–C) groups is 1. The van der Waals surface area contributed by atoms with E-state index in [9.17, 15) is 0 Å². The summed E-state index contributed by atoms with van der Waals surface area (Å²) in [5.41, 5.74) is 0. The highest BCUT2D eigenvalue weighted by Crippen LogP contribution is 2.12. The molecule has 2 N–H and O–H groups in total. The van der Waals surface area contributed by atoms with E-state index < -0.39 is 0 Å². The molecule has 0 aliphatic carbocycles. The van der Waals surface area contributed by atoms with Crippen LogP contribution in [0.2, 0.25) is 0 Å². The number of nitrogens with zero attached hydrogens (tertiary/aromatic N) is 2. The number of morpholine rings is 1. The topological polar surface area (TPSA) is 67.4 Å². The van der Waals surface area contributed by atoms with E-state index in [0.29, 0.717) is 5.92 Å². The van der Waals surface area contributed by atoms with Crippen LogP contribution in [0.5, 0.6) is 0 Å². The van der Waals surface area contributed by atoms with Crippen LogP contribution in [0.1, 0.15) is 25.7 Å². The van der Waals surface area contributed by atoms with Crippen LogP contribution in [0.3, 0.4) is 0 Å². The van der Waals surface area contributed by atoms with Crippen LogP contribution in [0.25, 0.3) is 0 Å². The van der Waals surface area contributed by atoms with Crippen LogP contribution < -0.4 is 10.6 Å². The van der Waals surface area contributed by atoms with Crippen molar-refractivity contribution < 1.29 is 14.2 Å². The molecule has 0 aromatic heterocycles. The number of rotatable bonds is 11. The molecule has 7 nitrogen and oxygen atoms in total. The van der Waals surface area contributed by atoms with Gasteiger partial charge in [-0.2, -0.15) is 0 Å². The summed E-state index contributed by atoms with van der Waals surface area (Å²) >= 11 is 0. The smallest absolute Gasteiger partial charge is 0.190 e. The fourth-order valence-corrected chi connectivity index (χ4v) is 3.06. The third-order valence-corrected chi connectivity index (χ3v) is 4.66. The molecule has 7 heteroatoms. The molecule has 2 fully saturated rings. The van der Waals surface area contributed by atoms with Crippen molar-refractivity contribution >= 4 is 5.96 Å². The highest BCUT2D eigenvalue weighted by atomic mass is 16.5. The van der Waals surface area contributed by atoms with Crippen molar-refractivity contribution in [3.05, 3.63) is 0 Å². The minimum absolute atomic E-state index is 0.597. The molecule has 2 aliphatic heterocycles. The van der Waals surface area contributed by atoms with Gasteiger partial charge in [0, 0.05) is 52.4 Å². The van der Waals surface area contributed by atoms with E-state index in [0.717, 1.165) is 91.0 Å². The third kappa shape index (κ3) is 9.39. The Morgan fingerprint density at radius 3 is 2.60 bits per heavy atom. The lowest BCUT2D eigenvalue weighted by Crippen LogP contribution is -2.39. The lowest BCUT2D eigenvalue weighted by atomic mass is 10.1. The van der Waals surface area contributed by atoms with Gasteiger partial charge in [0.25, 0.3) is 0 Å². The molecule has 0 bridgehead atoms. The summed E-state index contributed by atoms with van der Waals surface area (Å²) in [4.78, 5) is 6.75. The molecule has 2 aliphatic rings. The van der Waals surface area contributed by atoms with E-state index >= 15 is 0 Å². The molecule has 0 aromatic rings. The predicted octanol–water partition coefficient (Wildman–Crippen LogP) is 0.707. The van der Waals surface area contributed by atoms with Gasteiger partial charge in [-0.3, -0.25) is 9.89 Å². The maximum Gasteiger partial charge on any atom is 0.190 e. The first kappa shape index (κ1) is 20.4. The number of hydrogen-bond donors (Lipinski definition) is 2. The van der Waals surface area contributed by atoms with Gasteiger partial charge in [-0.05, 0) is 32.2 Å². The fourth-order valence-electron chi connectivity index (χ4n) is 3.06. The number of ether oxygens (including phenoxy) is 3. The quantitative estimate of drug-likeness (QED) is 0.323. The molecule has 0 saturated carbocycles. The van der Waals surface area contributed by atoms with Crippen molar-refractivity contribution in [1.29, 1.82) is 0 Å². The summed E-state index contributed by atoms with van der Waals surface area (Å²) in [6.07, 6.45) is 4.50. The normalized spacial score (nSPS) is 22.3. The zero-order valence-corrected chi connectivity index (χ0v) is 15.8. The van der Waals surface area contributed by atoms with Crippen LogP contribution in [0.4, 0.5) is 0 Å². The van der Waals surface area contributed by atoms with Crippen LogP contribution in [0, 0.1) is 5.92 Å². The van der Waals surface area contributed by atoms with Crippen molar-refractivity contribution in [2.75, 3.05) is 79.4 Å². The van der Waals surface area contributed by atoms with Gasteiger partial charge in [0.2, 0.25) is 0 Å². The molecule has 1 unspecified atom stereocenters. The maximum absolute atomic E-state index is 5.71. The average molecular weight is 357 g/mol. The first-order valence-electron chi connectivity index (χ1n) is 9.78. The van der Waals surface area contributed by atoms with Crippen molar-refractivity contribution in [2.45, 2.75) is 25.7 Å². The number of guanidine groups is 1. The Hall–Kier alpha value is -0.890. The first-order chi connectivity index (χ1) is 12.4. The van der Waals surface area contributed by atoms with Crippen LogP contribution in [-0.2, 0) is 14.2 Å². The Morgan fingerprint density at radius 1 is 1.08 bits per heavy atom. The van der Waals surface area contributed by atoms with Crippen molar-refractivity contribution in [2.24, 2.45) is 10.9 Å². The summed E-state index contributed by atoms with van der Waals surface area (Å²) in [5.74, 6) is 1.48. The van der Waals surface area contributed by atoms with Crippen molar-refractivity contribution in [1.82, 2.24) is 15.5 Å². The molecule has 25 heavy (non-hydrogen) atoms. The van der Waals surface area contributed by atoms with Gasteiger partial charge < -0.3 is 24.8 Å². The Kier molecular flexibility index (Phi) is 10.9. The minimum atomic E-state index is 0.597. The fraction of sp³-hybridized carbons (Fsp3) is 0.944. The lowest BCUT2D eigenvalue weighted by Gasteiger charge is -2.26. The van der Waals surface area contributed by atoms with E-state index in [1.54, 1.807) is 0 Å². The second-order valence-corrected chi connectivity index (χ2v) is 6.74. The molecule has 2 saturated heterocycles. The summed E-state index contributed by atoms with van der Waals surface area (Å²) in [6, 6.07) is 0. The first-order valence-corrected chi connectivity index (χ1v) is 9.78. The zero-order chi connectivity index (χ0) is 17.6. The Labute approximate surface area is 152 Å². The Bertz CT molecular complexity index is 356. The molecule has 0 spiro atoms. The SMILES string of the molecule is CN=C(NCCCCN1CCOCC1)NCCCOCC1CCOC1. The van der Waals surface area contributed by atoms with Crippen molar-refractivity contribution in [3.63, 3.8) is 0 Å². The van der Waals surface area contributed by atoms with E-state index in [4.69, 9.17) is 14.2 Å². The van der Waals surface area contributed by atoms with Gasteiger partial charge >= 0.3 is 0 Å². The highest BCUT2D eigenvalue weighted by Gasteiger charge is 2.15. The summed E-state index contributed by atoms with van der Waals surface area (Å²) in [7, 11) is 1.82. The summed E-state index contributed by atoms with van der Waals surface area (Å²) in [5, 5.41) is 6.73. The summed E-state index contributed by atoms with van der Waals surface area (Å²) in [6.45, 7) is 10.3. The number of nitrogens with one attached hydrogen (secondary N) is 2. The molecule has 2 heterocycles. The summed E-state index contributed by atoms with van der Waals surface area (Å²) < 4.78 is 16.4. The van der Waals surface area contributed by atoms with E-state index in [1.165, 1.54) is 13.0 Å². The molecule has 146 valence electrons. The Balaban J connectivity index is 1.38. The monoisotopic (exact) mass is 356 g/mol. The van der Waals surface area contributed by atoms with Crippen LogP contribution in [0.15, 0.2) is 4.99 Å². The standard InChI is InChI=1S/C18H36N4O3/c1-19-18(20-6-2-3-8-22-9-13-23-14-10-22)21-7-4-11-24-15-17-5-12-25-16-17/h17H,2-16H2,1H3,(H2,19,20,21). The second-order valence-electron chi connectivity index (χ2n) is 6.74. The molecule has 0 radical (unpaired) electrons. The third-order valence-electron chi connectivity index (χ3n) is 4.66. The molecular formula is C18H36N4O3. The zero-order valence-electron chi connectivity index (χ0n) is 15.8. The van der Waals surface area contributed by atoms with Gasteiger partial charge in [-0.1, -0.05) is 0 Å². The largest absolute Gasteiger partial charge is 0.381 e. The minimum Gasteiger partial charge on any atom is -0.381 e. The predicted molar refractivity (Wildman–Crippen MR) is 100 cm³/mol. The lowest BCUT2D eigenvalue weighted by molar-refractivity contribution is 0.0372. The molecule has 0 amide bonds. The second kappa shape index (κ2) is 13.3. The molecule has 1 atom stereocenters. The average Bonchev–Trinajstić information content (AvgIpc) is 3.17. The number of unbranched alkanes of at least 4 members (excludes halogenated alkanes) is 1. The molecule has 2 rings (SSSR count). The van der Waals surface area contributed by atoms with Crippen molar-refractivity contribution in [3.8, 4) is 0 Å². The van der Waals surface area contributed by atoms with Gasteiger partial charge in [0.15, 0.2) is 5.96 Å². The number of hydrogen-bond acceptors (Lipinski definition) is 5. The van der Waals surface area contributed by atoms with Gasteiger partial charge in [0.1, 0.15) is 0 Å². The van der Waals surface area contributed by atoms with E-state index in [1.807, 2.05) is 7.05 Å². The Morgan fingerprint density at radius 2 is 1.88 bits per heavy atom. The highest BCUT2D eigenvalue weighted by molar-refractivity contribution is 5.79. The van der Waals surface area contributed by atoms with Gasteiger partial charge in [-0.15, -0.1) is 0 Å². The molecular weight excluding hydrogens is 320 g/mol. The maximum atomic E-state index is 5.71. The van der Waals surface area contributed by atoms with Crippen LogP contribution >= 0.6 is 0 Å². The van der Waals surface area contributed by atoms with Crippen LogP contribution in [-0.4, -0.2) is 90.3 Å². The van der Waals surface area contributed by atoms with Gasteiger partial charge in [0.05, 0.1) is 26.4 Å². The van der Waals surface area contributed by atoms with Gasteiger partial charge in [-0.25, -0.2) is 0 Å². The van der Waals surface area contributed by atoms with E-state index in [-0.39, 0.29) is 0 Å².